The van der Waals surface area contributed by atoms with Crippen LogP contribution in [0.25, 0.3) is 0 Å². The Bertz CT molecular complexity index is 657. The van der Waals surface area contributed by atoms with Crippen LogP contribution in [0.2, 0.25) is 0 Å². The highest BCUT2D eigenvalue weighted by atomic mass is 16.3. The SMILES string of the molecule is C[C@]12CCC3C(CC[C@H]4C[C@@H](O)CC[C@]34C)C1Cc1cccnc12. The van der Waals surface area contributed by atoms with Gasteiger partial charge >= 0.3 is 0 Å². The third-order valence-electron chi connectivity index (χ3n) is 8.90. The molecule has 1 aromatic heterocycles. The summed E-state index contributed by atoms with van der Waals surface area (Å²) in [5.74, 6) is 3.30. The zero-order chi connectivity index (χ0) is 16.5. The standard InChI is InChI=1S/C22H31NO/c1-21-9-7-16(24)13-15(21)5-6-17-18(21)8-10-22(2)19(17)12-14-4-3-11-23-20(14)22/h3-4,11,15-19,24H,5-10,12-13H2,1-2H3/t15-,16-,17?,18?,19?,21-,22-/m0/s1. The van der Waals surface area contributed by atoms with Gasteiger partial charge in [0.2, 0.25) is 0 Å². The number of pyridine rings is 1. The lowest BCUT2D eigenvalue weighted by Crippen LogP contribution is -2.54. The van der Waals surface area contributed by atoms with Gasteiger partial charge in [-0.3, -0.25) is 4.98 Å². The van der Waals surface area contributed by atoms with Crippen molar-refractivity contribution in [3.63, 3.8) is 0 Å². The monoisotopic (exact) mass is 325 g/mol. The summed E-state index contributed by atoms with van der Waals surface area (Å²) in [6, 6.07) is 4.45. The van der Waals surface area contributed by atoms with Gasteiger partial charge in [0, 0.05) is 17.3 Å². The van der Waals surface area contributed by atoms with Crippen molar-refractivity contribution in [3.05, 3.63) is 29.6 Å². The molecule has 24 heavy (non-hydrogen) atoms. The Morgan fingerprint density at radius 2 is 1.96 bits per heavy atom. The number of aliphatic hydroxyl groups excluding tert-OH is 1. The van der Waals surface area contributed by atoms with Crippen molar-refractivity contribution in [2.45, 2.75) is 76.7 Å². The molecule has 130 valence electrons. The average molecular weight is 325 g/mol. The highest BCUT2D eigenvalue weighted by molar-refractivity contribution is 5.36. The lowest BCUT2D eigenvalue weighted by atomic mass is 9.45. The maximum Gasteiger partial charge on any atom is 0.0543 e. The maximum atomic E-state index is 10.2. The van der Waals surface area contributed by atoms with E-state index < -0.39 is 0 Å². The fourth-order valence-electron chi connectivity index (χ4n) is 7.58. The summed E-state index contributed by atoms with van der Waals surface area (Å²) >= 11 is 0. The third-order valence-corrected chi connectivity index (χ3v) is 8.90. The van der Waals surface area contributed by atoms with Crippen LogP contribution in [0.3, 0.4) is 0 Å². The Morgan fingerprint density at radius 3 is 2.83 bits per heavy atom. The number of aliphatic hydroxyl groups is 1. The predicted molar refractivity (Wildman–Crippen MR) is 95.7 cm³/mol. The Morgan fingerprint density at radius 1 is 1.08 bits per heavy atom. The molecule has 2 nitrogen and oxygen atoms in total. The van der Waals surface area contributed by atoms with Crippen molar-refractivity contribution in [2.24, 2.45) is 29.1 Å². The maximum absolute atomic E-state index is 10.2. The molecule has 0 radical (unpaired) electrons. The van der Waals surface area contributed by atoms with Crippen molar-refractivity contribution in [3.8, 4) is 0 Å². The molecular weight excluding hydrogens is 294 g/mol. The second kappa shape index (κ2) is 5.06. The number of hydrogen-bond donors (Lipinski definition) is 1. The minimum absolute atomic E-state index is 0.0339. The molecule has 4 aliphatic carbocycles. The Labute approximate surface area is 146 Å². The number of aromatic nitrogens is 1. The van der Waals surface area contributed by atoms with Crippen LogP contribution >= 0.6 is 0 Å². The summed E-state index contributed by atoms with van der Waals surface area (Å²) in [5.41, 5.74) is 3.73. The van der Waals surface area contributed by atoms with E-state index in [0.717, 1.165) is 36.5 Å². The molecule has 0 bridgehead atoms. The van der Waals surface area contributed by atoms with Gasteiger partial charge in [0.15, 0.2) is 0 Å². The van der Waals surface area contributed by atoms with Crippen LogP contribution in [0.15, 0.2) is 18.3 Å². The van der Waals surface area contributed by atoms with E-state index in [4.69, 9.17) is 4.98 Å². The smallest absolute Gasteiger partial charge is 0.0543 e. The van der Waals surface area contributed by atoms with E-state index >= 15 is 0 Å². The number of hydrogen-bond acceptors (Lipinski definition) is 2. The lowest BCUT2D eigenvalue weighted by molar-refractivity contribution is -0.111. The van der Waals surface area contributed by atoms with Crippen molar-refractivity contribution < 1.29 is 5.11 Å². The molecule has 4 aliphatic rings. The van der Waals surface area contributed by atoms with Crippen LogP contribution in [0.5, 0.6) is 0 Å². The zero-order valence-corrected chi connectivity index (χ0v) is 15.2. The minimum atomic E-state index is -0.0339. The molecule has 1 aromatic rings. The van der Waals surface area contributed by atoms with Crippen LogP contribution in [0, 0.1) is 29.1 Å². The van der Waals surface area contributed by atoms with Crippen molar-refractivity contribution in [2.75, 3.05) is 0 Å². The van der Waals surface area contributed by atoms with Gasteiger partial charge in [-0.1, -0.05) is 19.9 Å². The van der Waals surface area contributed by atoms with E-state index in [0.29, 0.717) is 10.8 Å². The fourth-order valence-corrected chi connectivity index (χ4v) is 7.58. The second-order valence-corrected chi connectivity index (χ2v) is 9.76. The molecule has 1 heterocycles. The van der Waals surface area contributed by atoms with Gasteiger partial charge in [-0.05, 0) is 92.1 Å². The van der Waals surface area contributed by atoms with E-state index in [2.05, 4.69) is 26.0 Å². The Hall–Kier alpha value is -0.890. The van der Waals surface area contributed by atoms with Gasteiger partial charge in [0.25, 0.3) is 0 Å². The van der Waals surface area contributed by atoms with Gasteiger partial charge in [-0.15, -0.1) is 0 Å². The van der Waals surface area contributed by atoms with E-state index in [1.807, 2.05) is 6.20 Å². The first-order chi connectivity index (χ1) is 11.5. The van der Waals surface area contributed by atoms with E-state index in [1.165, 1.54) is 49.8 Å². The first-order valence-corrected chi connectivity index (χ1v) is 10.1. The van der Waals surface area contributed by atoms with Crippen molar-refractivity contribution in [1.82, 2.24) is 4.98 Å². The normalized spacial score (nSPS) is 49.7. The fraction of sp³-hybridized carbons (Fsp3) is 0.773. The summed E-state index contributed by atoms with van der Waals surface area (Å²) < 4.78 is 0. The summed E-state index contributed by atoms with van der Waals surface area (Å²) in [4.78, 5) is 4.83. The molecule has 2 heteroatoms. The van der Waals surface area contributed by atoms with Gasteiger partial charge in [-0.2, -0.15) is 0 Å². The van der Waals surface area contributed by atoms with Crippen LogP contribution < -0.4 is 0 Å². The number of fused-ring (bicyclic) bond motifs is 7. The minimum Gasteiger partial charge on any atom is -0.393 e. The first kappa shape index (κ1) is 15.4. The molecule has 3 unspecified atom stereocenters. The molecule has 5 rings (SSSR count). The van der Waals surface area contributed by atoms with E-state index in [1.54, 1.807) is 0 Å². The van der Waals surface area contributed by atoms with Crippen LogP contribution in [0.1, 0.15) is 70.1 Å². The molecule has 0 amide bonds. The number of nitrogens with zero attached hydrogens (tertiary/aromatic N) is 1. The highest BCUT2D eigenvalue weighted by Gasteiger charge is 2.59. The van der Waals surface area contributed by atoms with Gasteiger partial charge in [0.05, 0.1) is 6.10 Å². The molecule has 3 saturated carbocycles. The van der Waals surface area contributed by atoms with Crippen LogP contribution in [0.4, 0.5) is 0 Å². The van der Waals surface area contributed by atoms with Crippen molar-refractivity contribution >= 4 is 0 Å². The Kier molecular flexibility index (Phi) is 3.24. The second-order valence-electron chi connectivity index (χ2n) is 9.76. The zero-order valence-electron chi connectivity index (χ0n) is 15.2. The molecule has 0 aromatic carbocycles. The van der Waals surface area contributed by atoms with Crippen molar-refractivity contribution in [1.29, 1.82) is 0 Å². The highest BCUT2D eigenvalue weighted by Crippen LogP contribution is 2.65. The third kappa shape index (κ3) is 1.90. The van der Waals surface area contributed by atoms with Crippen LogP contribution in [-0.4, -0.2) is 16.2 Å². The van der Waals surface area contributed by atoms with Gasteiger partial charge < -0.3 is 5.11 Å². The molecule has 3 fully saturated rings. The van der Waals surface area contributed by atoms with Crippen LogP contribution in [-0.2, 0) is 11.8 Å². The molecule has 7 atom stereocenters. The van der Waals surface area contributed by atoms with Gasteiger partial charge in [0.1, 0.15) is 0 Å². The topological polar surface area (TPSA) is 33.1 Å². The summed E-state index contributed by atoms with van der Waals surface area (Å²) in [7, 11) is 0. The summed E-state index contributed by atoms with van der Waals surface area (Å²) in [5, 5.41) is 10.2. The first-order valence-electron chi connectivity index (χ1n) is 10.1. The predicted octanol–water partition coefficient (Wildman–Crippen LogP) is 4.50. The summed E-state index contributed by atoms with van der Waals surface area (Å²) in [6.07, 6.45) is 12.0. The molecule has 1 N–H and O–H groups in total. The molecule has 0 saturated heterocycles. The molecular formula is C22H31NO. The lowest BCUT2D eigenvalue weighted by Gasteiger charge is -2.60. The largest absolute Gasteiger partial charge is 0.393 e. The molecule has 0 aliphatic heterocycles. The van der Waals surface area contributed by atoms with Gasteiger partial charge in [-0.25, -0.2) is 0 Å². The quantitative estimate of drug-likeness (QED) is 0.762. The average Bonchev–Trinajstić information content (AvgIpc) is 2.89. The van der Waals surface area contributed by atoms with E-state index in [-0.39, 0.29) is 6.10 Å². The Balaban J connectivity index is 1.50. The summed E-state index contributed by atoms with van der Waals surface area (Å²) in [6.45, 7) is 5.08. The molecule has 0 spiro atoms. The number of rotatable bonds is 0. The van der Waals surface area contributed by atoms with E-state index in [9.17, 15) is 5.11 Å².